The van der Waals surface area contributed by atoms with Gasteiger partial charge < -0.3 is 15.2 Å². The molecule has 2 unspecified atom stereocenters. The second-order valence-electron chi connectivity index (χ2n) is 3.69. The predicted molar refractivity (Wildman–Crippen MR) is 48.0 cm³/mol. The van der Waals surface area contributed by atoms with E-state index in [1.165, 1.54) is 0 Å². The van der Waals surface area contributed by atoms with Crippen LogP contribution < -0.4 is 5.32 Å². The van der Waals surface area contributed by atoms with Crippen molar-refractivity contribution in [2.24, 2.45) is 5.92 Å². The van der Waals surface area contributed by atoms with Gasteiger partial charge in [-0.1, -0.05) is 0 Å². The van der Waals surface area contributed by atoms with E-state index < -0.39 is 5.60 Å². The number of nitrogens with zero attached hydrogens (tertiary/aromatic N) is 1. The van der Waals surface area contributed by atoms with E-state index >= 15 is 0 Å². The lowest BCUT2D eigenvalue weighted by atomic mass is 10.0. The lowest BCUT2D eigenvalue weighted by molar-refractivity contribution is 0.0269. The topological polar surface area (TPSA) is 65.3 Å². The molecule has 0 radical (unpaired) electrons. The first-order valence-corrected chi connectivity index (χ1v) is 4.57. The smallest absolute Gasteiger partial charge is 0.102 e. The van der Waals surface area contributed by atoms with Crippen LogP contribution in [-0.2, 0) is 4.74 Å². The molecule has 2 atom stereocenters. The van der Waals surface area contributed by atoms with E-state index in [9.17, 15) is 5.11 Å². The highest BCUT2D eigenvalue weighted by molar-refractivity contribution is 4.87. The van der Waals surface area contributed by atoms with Gasteiger partial charge in [0.25, 0.3) is 0 Å². The van der Waals surface area contributed by atoms with Crippen LogP contribution in [0.1, 0.15) is 13.3 Å². The molecule has 1 fully saturated rings. The van der Waals surface area contributed by atoms with E-state index in [4.69, 9.17) is 10.00 Å². The number of hydrogen-bond donors (Lipinski definition) is 2. The maximum atomic E-state index is 9.81. The standard InChI is InChI=1S/C9H16N2O2/c1-8(4-10)5-11-6-9(12)2-3-13-7-9/h8,11-12H,2-3,5-7H2,1H3. The fraction of sp³-hybridized carbons (Fsp3) is 0.889. The molecule has 74 valence electrons. The quantitative estimate of drug-likeness (QED) is 0.639. The Hall–Kier alpha value is -0.630. The minimum atomic E-state index is -0.713. The Labute approximate surface area is 78.5 Å². The number of aliphatic hydroxyl groups is 1. The summed E-state index contributed by atoms with van der Waals surface area (Å²) in [4.78, 5) is 0. The molecular weight excluding hydrogens is 168 g/mol. The molecule has 13 heavy (non-hydrogen) atoms. The Morgan fingerprint density at radius 2 is 2.54 bits per heavy atom. The third kappa shape index (κ3) is 3.31. The van der Waals surface area contributed by atoms with Crippen LogP contribution in [-0.4, -0.2) is 37.0 Å². The summed E-state index contributed by atoms with van der Waals surface area (Å²) < 4.78 is 5.09. The van der Waals surface area contributed by atoms with Gasteiger partial charge >= 0.3 is 0 Å². The highest BCUT2D eigenvalue weighted by Crippen LogP contribution is 2.16. The largest absolute Gasteiger partial charge is 0.386 e. The maximum Gasteiger partial charge on any atom is 0.102 e. The van der Waals surface area contributed by atoms with Crippen molar-refractivity contribution >= 4 is 0 Å². The van der Waals surface area contributed by atoms with Gasteiger partial charge in [0.1, 0.15) is 5.60 Å². The molecule has 0 spiro atoms. The van der Waals surface area contributed by atoms with Crippen molar-refractivity contribution in [3.63, 3.8) is 0 Å². The first kappa shape index (κ1) is 10.5. The Bertz CT molecular complexity index is 194. The maximum absolute atomic E-state index is 9.81. The van der Waals surface area contributed by atoms with Crippen LogP contribution in [0.5, 0.6) is 0 Å². The fourth-order valence-electron chi connectivity index (χ4n) is 1.30. The summed E-state index contributed by atoms with van der Waals surface area (Å²) in [5.41, 5.74) is -0.713. The summed E-state index contributed by atoms with van der Waals surface area (Å²) in [6.07, 6.45) is 0.681. The van der Waals surface area contributed by atoms with Crippen LogP contribution in [0.15, 0.2) is 0 Å². The van der Waals surface area contributed by atoms with Crippen molar-refractivity contribution in [3.8, 4) is 6.07 Å². The molecule has 0 aromatic heterocycles. The molecule has 0 saturated carbocycles. The summed E-state index contributed by atoms with van der Waals surface area (Å²) in [5.74, 6) is -0.00841. The summed E-state index contributed by atoms with van der Waals surface area (Å²) in [5, 5.41) is 21.4. The van der Waals surface area contributed by atoms with Crippen molar-refractivity contribution < 1.29 is 9.84 Å². The highest BCUT2D eigenvalue weighted by atomic mass is 16.5. The SMILES string of the molecule is CC(C#N)CNCC1(O)CCOC1. The van der Waals surface area contributed by atoms with Crippen LogP contribution in [0.4, 0.5) is 0 Å². The third-order valence-corrected chi connectivity index (χ3v) is 2.21. The number of rotatable bonds is 4. The van der Waals surface area contributed by atoms with E-state index in [2.05, 4.69) is 11.4 Å². The number of hydrogen-bond acceptors (Lipinski definition) is 4. The summed E-state index contributed by atoms with van der Waals surface area (Å²) >= 11 is 0. The Kier molecular flexibility index (Phi) is 3.67. The van der Waals surface area contributed by atoms with Gasteiger partial charge in [0, 0.05) is 26.1 Å². The lowest BCUT2D eigenvalue weighted by Gasteiger charge is -2.20. The molecular formula is C9H16N2O2. The first-order valence-electron chi connectivity index (χ1n) is 4.57. The molecule has 1 aliphatic rings. The molecule has 1 heterocycles. The van der Waals surface area contributed by atoms with E-state index in [0.29, 0.717) is 32.7 Å². The van der Waals surface area contributed by atoms with Gasteiger partial charge in [-0.05, 0) is 6.92 Å². The zero-order chi connectivity index (χ0) is 9.73. The fourth-order valence-corrected chi connectivity index (χ4v) is 1.30. The zero-order valence-corrected chi connectivity index (χ0v) is 7.92. The number of nitrogens with one attached hydrogen (secondary N) is 1. The van der Waals surface area contributed by atoms with Crippen molar-refractivity contribution in [1.29, 1.82) is 5.26 Å². The second kappa shape index (κ2) is 4.56. The molecule has 0 aromatic rings. The van der Waals surface area contributed by atoms with Crippen LogP contribution in [0.2, 0.25) is 0 Å². The molecule has 4 nitrogen and oxygen atoms in total. The van der Waals surface area contributed by atoms with Crippen molar-refractivity contribution in [1.82, 2.24) is 5.32 Å². The normalized spacial score (nSPS) is 29.9. The molecule has 1 rings (SSSR count). The van der Waals surface area contributed by atoms with Gasteiger partial charge in [-0.25, -0.2) is 0 Å². The van der Waals surface area contributed by atoms with Gasteiger partial charge in [0.05, 0.1) is 18.6 Å². The third-order valence-electron chi connectivity index (χ3n) is 2.21. The zero-order valence-electron chi connectivity index (χ0n) is 7.92. The van der Waals surface area contributed by atoms with Crippen LogP contribution >= 0.6 is 0 Å². The van der Waals surface area contributed by atoms with E-state index in [1.807, 2.05) is 6.92 Å². The minimum absolute atomic E-state index is 0.00841. The Morgan fingerprint density at radius 3 is 3.08 bits per heavy atom. The monoisotopic (exact) mass is 184 g/mol. The molecule has 0 amide bonds. The van der Waals surface area contributed by atoms with Gasteiger partial charge in [0.2, 0.25) is 0 Å². The predicted octanol–water partition coefficient (Wildman–Crippen LogP) is -0.113. The van der Waals surface area contributed by atoms with Gasteiger partial charge in [-0.15, -0.1) is 0 Å². The average molecular weight is 184 g/mol. The summed E-state index contributed by atoms with van der Waals surface area (Å²) in [6.45, 7) is 4.02. The van der Waals surface area contributed by atoms with Crippen molar-refractivity contribution in [2.45, 2.75) is 18.9 Å². The molecule has 2 N–H and O–H groups in total. The van der Waals surface area contributed by atoms with Gasteiger partial charge in [-0.3, -0.25) is 0 Å². The Morgan fingerprint density at radius 1 is 1.77 bits per heavy atom. The molecule has 1 saturated heterocycles. The van der Waals surface area contributed by atoms with Crippen LogP contribution in [0, 0.1) is 17.2 Å². The minimum Gasteiger partial charge on any atom is -0.386 e. The average Bonchev–Trinajstić information content (AvgIpc) is 2.52. The van der Waals surface area contributed by atoms with E-state index in [1.54, 1.807) is 0 Å². The van der Waals surface area contributed by atoms with E-state index in [-0.39, 0.29) is 5.92 Å². The molecule has 0 aliphatic carbocycles. The molecule has 0 bridgehead atoms. The van der Waals surface area contributed by atoms with Crippen LogP contribution in [0.25, 0.3) is 0 Å². The second-order valence-corrected chi connectivity index (χ2v) is 3.69. The molecule has 1 aliphatic heterocycles. The van der Waals surface area contributed by atoms with E-state index in [0.717, 1.165) is 0 Å². The Balaban J connectivity index is 2.15. The number of ether oxygens (including phenoxy) is 1. The highest BCUT2D eigenvalue weighted by Gasteiger charge is 2.31. The molecule has 0 aromatic carbocycles. The lowest BCUT2D eigenvalue weighted by Crippen LogP contribution is -2.42. The van der Waals surface area contributed by atoms with Crippen LogP contribution in [0.3, 0.4) is 0 Å². The van der Waals surface area contributed by atoms with Gasteiger partial charge in [0.15, 0.2) is 0 Å². The van der Waals surface area contributed by atoms with Crippen molar-refractivity contribution in [3.05, 3.63) is 0 Å². The van der Waals surface area contributed by atoms with Crippen molar-refractivity contribution in [2.75, 3.05) is 26.3 Å². The summed E-state index contributed by atoms with van der Waals surface area (Å²) in [6, 6.07) is 2.13. The number of nitriles is 1. The van der Waals surface area contributed by atoms with Gasteiger partial charge in [-0.2, -0.15) is 5.26 Å². The summed E-state index contributed by atoms with van der Waals surface area (Å²) in [7, 11) is 0. The first-order chi connectivity index (χ1) is 6.16. The molecule has 4 heteroatoms.